The number of pyridine rings is 1. The average molecular weight is 204 g/mol. The Hall–Kier alpha value is -1.91. The topological polar surface area (TPSA) is 76.2 Å². The van der Waals surface area contributed by atoms with Gasteiger partial charge >= 0.3 is 5.97 Å². The van der Waals surface area contributed by atoms with Crippen LogP contribution in [0.2, 0.25) is 0 Å². The van der Waals surface area contributed by atoms with Crippen LogP contribution < -0.4 is 0 Å². The van der Waals surface area contributed by atoms with E-state index in [0.717, 1.165) is 0 Å². The van der Waals surface area contributed by atoms with E-state index in [1.54, 1.807) is 18.3 Å². The van der Waals surface area contributed by atoms with E-state index >= 15 is 0 Å². The van der Waals surface area contributed by atoms with Gasteiger partial charge in [-0.15, -0.1) is 0 Å². The molecule has 0 saturated heterocycles. The monoisotopic (exact) mass is 204 g/mol. The number of hydrogen-bond donors (Lipinski definition) is 1. The highest BCUT2D eigenvalue weighted by Gasteiger charge is 2.47. The van der Waals surface area contributed by atoms with Crippen LogP contribution in [0.25, 0.3) is 11.2 Å². The molecule has 1 fully saturated rings. The van der Waals surface area contributed by atoms with Crippen molar-refractivity contribution in [1.29, 1.82) is 0 Å². The van der Waals surface area contributed by atoms with Crippen LogP contribution in [0.1, 0.15) is 18.2 Å². The van der Waals surface area contributed by atoms with Crippen molar-refractivity contribution < 1.29 is 14.3 Å². The van der Waals surface area contributed by atoms with Crippen LogP contribution in [-0.4, -0.2) is 21.0 Å². The van der Waals surface area contributed by atoms with Crippen molar-refractivity contribution >= 4 is 17.2 Å². The van der Waals surface area contributed by atoms with E-state index in [-0.39, 0.29) is 11.8 Å². The van der Waals surface area contributed by atoms with Crippen molar-refractivity contribution in [2.45, 2.75) is 12.3 Å². The highest BCUT2D eigenvalue weighted by atomic mass is 16.4. The average Bonchev–Trinajstić information content (AvgIpc) is 2.91. The van der Waals surface area contributed by atoms with E-state index in [9.17, 15) is 4.79 Å². The van der Waals surface area contributed by atoms with Gasteiger partial charge in [-0.05, 0) is 18.6 Å². The summed E-state index contributed by atoms with van der Waals surface area (Å²) in [6.45, 7) is 0. The molecule has 3 rings (SSSR count). The number of aliphatic carboxylic acids is 1. The minimum absolute atomic E-state index is 0.0725. The molecule has 0 bridgehead atoms. The van der Waals surface area contributed by atoms with Gasteiger partial charge in [0, 0.05) is 12.1 Å². The Bertz CT molecular complexity index is 501. The Balaban J connectivity index is 1.97. The molecule has 1 N–H and O–H groups in total. The number of rotatable bonds is 2. The number of aromatic nitrogens is 2. The lowest BCUT2D eigenvalue weighted by molar-refractivity contribution is -0.138. The smallest absolute Gasteiger partial charge is 0.307 e. The molecule has 1 saturated carbocycles. The van der Waals surface area contributed by atoms with Crippen molar-refractivity contribution in [2.24, 2.45) is 5.92 Å². The van der Waals surface area contributed by atoms with Gasteiger partial charge in [0.05, 0.1) is 5.92 Å². The molecule has 2 aromatic rings. The SMILES string of the molecule is O=C(O)C1CC1c1nc2ncccc2o1. The molecular weight excluding hydrogens is 196 g/mol. The van der Waals surface area contributed by atoms with Gasteiger partial charge in [0.15, 0.2) is 11.2 Å². The molecule has 2 unspecified atom stereocenters. The normalized spacial score (nSPS) is 24.3. The van der Waals surface area contributed by atoms with Crippen LogP contribution >= 0.6 is 0 Å². The molecule has 2 atom stereocenters. The van der Waals surface area contributed by atoms with Crippen LogP contribution in [0.4, 0.5) is 0 Å². The van der Waals surface area contributed by atoms with E-state index in [2.05, 4.69) is 9.97 Å². The minimum atomic E-state index is -0.782. The molecule has 15 heavy (non-hydrogen) atoms. The largest absolute Gasteiger partial charge is 0.481 e. The summed E-state index contributed by atoms with van der Waals surface area (Å²) < 4.78 is 5.44. The molecular formula is C10H8N2O3. The summed E-state index contributed by atoms with van der Waals surface area (Å²) >= 11 is 0. The van der Waals surface area contributed by atoms with Crippen molar-refractivity contribution in [3.05, 3.63) is 24.2 Å². The van der Waals surface area contributed by atoms with Crippen molar-refractivity contribution in [2.75, 3.05) is 0 Å². The molecule has 0 radical (unpaired) electrons. The van der Waals surface area contributed by atoms with Gasteiger partial charge in [-0.2, -0.15) is 4.98 Å². The zero-order chi connectivity index (χ0) is 10.4. The lowest BCUT2D eigenvalue weighted by Gasteiger charge is -1.87. The third-order valence-corrected chi connectivity index (χ3v) is 2.61. The number of carboxylic acids is 1. The Kier molecular flexibility index (Phi) is 1.56. The lowest BCUT2D eigenvalue weighted by Crippen LogP contribution is -1.98. The van der Waals surface area contributed by atoms with E-state index < -0.39 is 5.97 Å². The van der Waals surface area contributed by atoms with Gasteiger partial charge in [0.25, 0.3) is 0 Å². The van der Waals surface area contributed by atoms with Crippen LogP contribution in [0, 0.1) is 5.92 Å². The lowest BCUT2D eigenvalue weighted by atomic mass is 10.3. The van der Waals surface area contributed by atoms with Crippen LogP contribution in [-0.2, 0) is 4.79 Å². The summed E-state index contributed by atoms with van der Waals surface area (Å²) in [5.74, 6) is -0.693. The maximum atomic E-state index is 10.7. The molecule has 2 aromatic heterocycles. The summed E-state index contributed by atoms with van der Waals surface area (Å²) in [5.41, 5.74) is 1.16. The van der Waals surface area contributed by atoms with E-state index in [1.165, 1.54) is 0 Å². The van der Waals surface area contributed by atoms with Crippen LogP contribution in [0.5, 0.6) is 0 Å². The fraction of sp³-hybridized carbons (Fsp3) is 0.300. The Morgan fingerprint density at radius 1 is 1.60 bits per heavy atom. The predicted octanol–water partition coefficient (Wildman–Crippen LogP) is 1.41. The zero-order valence-corrected chi connectivity index (χ0v) is 7.75. The van der Waals surface area contributed by atoms with Crippen LogP contribution in [0.15, 0.2) is 22.7 Å². The van der Waals surface area contributed by atoms with Crippen molar-refractivity contribution in [3.63, 3.8) is 0 Å². The van der Waals surface area contributed by atoms with E-state index in [1.807, 2.05) is 0 Å². The highest BCUT2D eigenvalue weighted by Crippen LogP contribution is 2.47. The third-order valence-electron chi connectivity index (χ3n) is 2.61. The molecule has 0 amide bonds. The second-order valence-electron chi connectivity index (χ2n) is 3.66. The number of fused-ring (bicyclic) bond motifs is 1. The molecule has 1 aliphatic carbocycles. The fourth-order valence-electron chi connectivity index (χ4n) is 1.69. The van der Waals surface area contributed by atoms with Crippen molar-refractivity contribution in [1.82, 2.24) is 9.97 Å². The summed E-state index contributed by atoms with van der Waals surface area (Å²) in [5, 5.41) is 8.77. The molecule has 2 heterocycles. The van der Waals surface area contributed by atoms with Crippen molar-refractivity contribution in [3.8, 4) is 0 Å². The van der Waals surface area contributed by atoms with Gasteiger partial charge in [-0.3, -0.25) is 4.79 Å². The quantitative estimate of drug-likeness (QED) is 0.800. The summed E-state index contributed by atoms with van der Waals surface area (Å²) in [4.78, 5) is 18.9. The fourth-order valence-corrected chi connectivity index (χ4v) is 1.69. The van der Waals surface area contributed by atoms with E-state index in [4.69, 9.17) is 9.52 Å². The Morgan fingerprint density at radius 2 is 2.47 bits per heavy atom. The van der Waals surface area contributed by atoms with Gasteiger partial charge in [0.2, 0.25) is 5.89 Å². The molecule has 5 heteroatoms. The standard InChI is InChI=1S/C10H8N2O3/c13-10(14)6-4-5(6)9-12-8-7(15-9)2-1-3-11-8/h1-3,5-6H,4H2,(H,13,14). The van der Waals surface area contributed by atoms with Gasteiger partial charge in [-0.25, -0.2) is 4.98 Å². The molecule has 5 nitrogen and oxygen atoms in total. The van der Waals surface area contributed by atoms with Crippen LogP contribution in [0.3, 0.4) is 0 Å². The number of oxazole rings is 1. The third kappa shape index (κ3) is 1.27. The Labute approximate surface area is 84.8 Å². The molecule has 1 aliphatic rings. The zero-order valence-electron chi connectivity index (χ0n) is 7.75. The first-order valence-corrected chi connectivity index (χ1v) is 4.70. The first-order valence-electron chi connectivity index (χ1n) is 4.70. The second kappa shape index (κ2) is 2.79. The number of nitrogens with zero attached hydrogens (tertiary/aromatic N) is 2. The second-order valence-corrected chi connectivity index (χ2v) is 3.66. The Morgan fingerprint density at radius 3 is 3.13 bits per heavy atom. The first-order chi connectivity index (χ1) is 7.25. The van der Waals surface area contributed by atoms with E-state index in [0.29, 0.717) is 23.5 Å². The minimum Gasteiger partial charge on any atom is -0.481 e. The maximum Gasteiger partial charge on any atom is 0.307 e. The number of carboxylic acid groups (broad SMARTS) is 1. The predicted molar refractivity (Wildman–Crippen MR) is 50.3 cm³/mol. The molecule has 0 aromatic carbocycles. The van der Waals surface area contributed by atoms with Gasteiger partial charge < -0.3 is 9.52 Å². The summed E-state index contributed by atoms with van der Waals surface area (Å²) in [7, 11) is 0. The molecule has 76 valence electrons. The molecule has 0 spiro atoms. The summed E-state index contributed by atoms with van der Waals surface area (Å²) in [6.07, 6.45) is 2.25. The van der Waals surface area contributed by atoms with Gasteiger partial charge in [-0.1, -0.05) is 0 Å². The van der Waals surface area contributed by atoms with Gasteiger partial charge in [0.1, 0.15) is 0 Å². The number of hydrogen-bond acceptors (Lipinski definition) is 4. The number of carbonyl (C=O) groups is 1. The molecule has 0 aliphatic heterocycles. The summed E-state index contributed by atoms with van der Waals surface area (Å²) in [6, 6.07) is 3.54. The maximum absolute atomic E-state index is 10.7. The highest BCUT2D eigenvalue weighted by molar-refractivity contribution is 5.75. The first kappa shape index (κ1) is 8.40.